The number of amides is 2. The fraction of sp³-hybridized carbons (Fsp3) is 0.867. The Morgan fingerprint density at radius 1 is 1.25 bits per heavy atom. The van der Waals surface area contributed by atoms with Crippen molar-refractivity contribution in [3.63, 3.8) is 0 Å². The molecule has 0 aromatic carbocycles. The maximum absolute atomic E-state index is 12.1. The molecule has 1 saturated carbocycles. The highest BCUT2D eigenvalue weighted by Crippen LogP contribution is 2.31. The molecular weight excluding hydrogens is 254 g/mol. The summed E-state index contributed by atoms with van der Waals surface area (Å²) >= 11 is 0. The first-order valence-corrected chi connectivity index (χ1v) is 7.83. The minimum atomic E-state index is -0.154. The molecule has 2 rings (SSSR count). The average Bonchev–Trinajstić information content (AvgIpc) is 2.82. The van der Waals surface area contributed by atoms with Crippen molar-refractivity contribution in [2.24, 2.45) is 11.8 Å². The standard InChI is InChI=1S/C15H27N3O2/c1-11-3-5-13(6-4-11)18-10-12(9-14(18)19)15(20)17-8-7-16-2/h11-13,16H,3-10H2,1-2H3,(H,17,20). The van der Waals surface area contributed by atoms with E-state index in [-0.39, 0.29) is 17.7 Å². The molecule has 0 aromatic heterocycles. The lowest BCUT2D eigenvalue weighted by molar-refractivity contribution is -0.130. The Morgan fingerprint density at radius 3 is 2.60 bits per heavy atom. The van der Waals surface area contributed by atoms with Gasteiger partial charge in [-0.25, -0.2) is 0 Å². The number of likely N-dealkylation sites (tertiary alicyclic amines) is 1. The molecule has 0 spiro atoms. The molecule has 1 unspecified atom stereocenters. The van der Waals surface area contributed by atoms with Crippen LogP contribution in [0.2, 0.25) is 0 Å². The Balaban J connectivity index is 1.82. The Kier molecular flexibility index (Phi) is 5.40. The lowest BCUT2D eigenvalue weighted by atomic mass is 9.87. The predicted octanol–water partition coefficient (Wildman–Crippen LogP) is 0.749. The molecule has 1 aliphatic carbocycles. The fourth-order valence-corrected chi connectivity index (χ4v) is 3.27. The minimum Gasteiger partial charge on any atom is -0.355 e. The first-order valence-electron chi connectivity index (χ1n) is 7.83. The molecule has 2 N–H and O–H groups in total. The summed E-state index contributed by atoms with van der Waals surface area (Å²) in [5, 5.41) is 5.89. The highest BCUT2D eigenvalue weighted by Gasteiger charge is 2.38. The number of nitrogens with one attached hydrogen (secondary N) is 2. The van der Waals surface area contributed by atoms with Crippen LogP contribution in [0.4, 0.5) is 0 Å². The first kappa shape index (κ1) is 15.3. The van der Waals surface area contributed by atoms with Crippen LogP contribution in [0.25, 0.3) is 0 Å². The molecular formula is C15H27N3O2. The number of likely N-dealkylation sites (N-methyl/N-ethyl adjacent to an activating group) is 1. The molecule has 0 radical (unpaired) electrons. The molecule has 0 aromatic rings. The second-order valence-electron chi connectivity index (χ2n) is 6.26. The first-order chi connectivity index (χ1) is 9.61. The zero-order valence-corrected chi connectivity index (χ0v) is 12.7. The molecule has 20 heavy (non-hydrogen) atoms. The van der Waals surface area contributed by atoms with E-state index >= 15 is 0 Å². The second kappa shape index (κ2) is 7.07. The normalized spacial score (nSPS) is 30.6. The summed E-state index contributed by atoms with van der Waals surface area (Å²) in [6.45, 7) is 4.28. The van der Waals surface area contributed by atoms with Crippen LogP contribution >= 0.6 is 0 Å². The average molecular weight is 281 g/mol. The smallest absolute Gasteiger partial charge is 0.225 e. The Labute approximate surface area is 121 Å². The van der Waals surface area contributed by atoms with Crippen LogP contribution in [0, 0.1) is 11.8 Å². The van der Waals surface area contributed by atoms with Gasteiger partial charge in [0.25, 0.3) is 0 Å². The summed E-state index contributed by atoms with van der Waals surface area (Å²) in [6.07, 6.45) is 4.99. The minimum absolute atomic E-state index is 0.0280. The van der Waals surface area contributed by atoms with Gasteiger partial charge in [-0.3, -0.25) is 9.59 Å². The number of hydrogen-bond donors (Lipinski definition) is 2. The van der Waals surface area contributed by atoms with E-state index in [9.17, 15) is 9.59 Å². The molecule has 114 valence electrons. The molecule has 1 atom stereocenters. The third-order valence-corrected chi connectivity index (χ3v) is 4.63. The maximum atomic E-state index is 12.1. The van der Waals surface area contributed by atoms with E-state index in [2.05, 4.69) is 17.6 Å². The van der Waals surface area contributed by atoms with Gasteiger partial charge in [-0.2, -0.15) is 0 Å². The van der Waals surface area contributed by atoms with Gasteiger partial charge < -0.3 is 15.5 Å². The molecule has 1 heterocycles. The van der Waals surface area contributed by atoms with Crippen molar-refractivity contribution >= 4 is 11.8 Å². The Bertz CT molecular complexity index is 351. The van der Waals surface area contributed by atoms with Crippen LogP contribution in [-0.4, -0.2) is 49.4 Å². The summed E-state index contributed by atoms with van der Waals surface area (Å²) < 4.78 is 0. The van der Waals surface area contributed by atoms with Gasteiger partial charge in [0.05, 0.1) is 5.92 Å². The Morgan fingerprint density at radius 2 is 1.95 bits per heavy atom. The van der Waals surface area contributed by atoms with Gasteiger partial charge in [-0.1, -0.05) is 6.92 Å². The molecule has 5 nitrogen and oxygen atoms in total. The van der Waals surface area contributed by atoms with Crippen LogP contribution < -0.4 is 10.6 Å². The largest absolute Gasteiger partial charge is 0.355 e. The lowest BCUT2D eigenvalue weighted by Gasteiger charge is -2.33. The monoisotopic (exact) mass is 281 g/mol. The van der Waals surface area contributed by atoms with Crippen molar-refractivity contribution in [3.05, 3.63) is 0 Å². The van der Waals surface area contributed by atoms with Crippen LogP contribution in [0.1, 0.15) is 39.0 Å². The van der Waals surface area contributed by atoms with Crippen molar-refractivity contribution in [1.82, 2.24) is 15.5 Å². The van der Waals surface area contributed by atoms with E-state index in [0.717, 1.165) is 25.3 Å². The number of carbonyl (C=O) groups excluding carboxylic acids is 2. The molecule has 2 amide bonds. The Hall–Kier alpha value is -1.10. The summed E-state index contributed by atoms with van der Waals surface area (Å²) in [4.78, 5) is 26.1. The number of hydrogen-bond acceptors (Lipinski definition) is 3. The quantitative estimate of drug-likeness (QED) is 0.731. The zero-order chi connectivity index (χ0) is 14.5. The second-order valence-corrected chi connectivity index (χ2v) is 6.26. The topological polar surface area (TPSA) is 61.4 Å². The lowest BCUT2D eigenvalue weighted by Crippen LogP contribution is -2.40. The highest BCUT2D eigenvalue weighted by molar-refractivity contribution is 5.89. The fourth-order valence-electron chi connectivity index (χ4n) is 3.27. The zero-order valence-electron chi connectivity index (χ0n) is 12.7. The van der Waals surface area contributed by atoms with E-state index in [4.69, 9.17) is 0 Å². The number of nitrogens with zero attached hydrogens (tertiary/aromatic N) is 1. The highest BCUT2D eigenvalue weighted by atomic mass is 16.2. The summed E-state index contributed by atoms with van der Waals surface area (Å²) in [5.74, 6) is 0.821. The van der Waals surface area contributed by atoms with Crippen molar-refractivity contribution in [3.8, 4) is 0 Å². The van der Waals surface area contributed by atoms with Gasteiger partial charge in [-0.15, -0.1) is 0 Å². The van der Waals surface area contributed by atoms with Crippen molar-refractivity contribution in [2.75, 3.05) is 26.7 Å². The van der Waals surface area contributed by atoms with E-state index in [1.54, 1.807) is 0 Å². The van der Waals surface area contributed by atoms with E-state index < -0.39 is 0 Å². The van der Waals surface area contributed by atoms with Crippen molar-refractivity contribution in [1.29, 1.82) is 0 Å². The summed E-state index contributed by atoms with van der Waals surface area (Å²) in [5.41, 5.74) is 0. The summed E-state index contributed by atoms with van der Waals surface area (Å²) in [7, 11) is 1.86. The van der Waals surface area contributed by atoms with Gasteiger partial charge in [0, 0.05) is 32.1 Å². The van der Waals surface area contributed by atoms with E-state index in [1.807, 2.05) is 11.9 Å². The molecule has 1 saturated heterocycles. The SMILES string of the molecule is CNCCNC(=O)C1CC(=O)N(C2CCC(C)CC2)C1. The molecule has 2 aliphatic rings. The van der Waals surface area contributed by atoms with Crippen LogP contribution in [0.15, 0.2) is 0 Å². The molecule has 5 heteroatoms. The van der Waals surface area contributed by atoms with Gasteiger partial charge in [0.2, 0.25) is 11.8 Å². The van der Waals surface area contributed by atoms with Gasteiger partial charge in [-0.05, 0) is 38.6 Å². The van der Waals surface area contributed by atoms with Crippen LogP contribution in [0.3, 0.4) is 0 Å². The number of carbonyl (C=O) groups is 2. The molecule has 1 aliphatic heterocycles. The molecule has 2 fully saturated rings. The van der Waals surface area contributed by atoms with E-state index in [1.165, 1.54) is 12.8 Å². The van der Waals surface area contributed by atoms with Crippen LogP contribution in [0.5, 0.6) is 0 Å². The number of rotatable bonds is 5. The predicted molar refractivity (Wildman–Crippen MR) is 78.2 cm³/mol. The van der Waals surface area contributed by atoms with E-state index in [0.29, 0.717) is 25.6 Å². The third-order valence-electron chi connectivity index (χ3n) is 4.63. The van der Waals surface area contributed by atoms with Gasteiger partial charge in [0.1, 0.15) is 0 Å². The van der Waals surface area contributed by atoms with Gasteiger partial charge in [0.15, 0.2) is 0 Å². The van der Waals surface area contributed by atoms with Gasteiger partial charge >= 0.3 is 0 Å². The third kappa shape index (κ3) is 3.72. The van der Waals surface area contributed by atoms with Crippen molar-refractivity contribution in [2.45, 2.75) is 45.1 Å². The summed E-state index contributed by atoms with van der Waals surface area (Å²) in [6, 6.07) is 0.369. The van der Waals surface area contributed by atoms with Crippen LogP contribution in [-0.2, 0) is 9.59 Å². The van der Waals surface area contributed by atoms with Crippen molar-refractivity contribution < 1.29 is 9.59 Å². The maximum Gasteiger partial charge on any atom is 0.225 e. The molecule has 0 bridgehead atoms.